The highest BCUT2D eigenvalue weighted by Gasteiger charge is 2.22. The van der Waals surface area contributed by atoms with Crippen LogP contribution < -0.4 is 0 Å². The molecule has 0 spiro atoms. The topological polar surface area (TPSA) is 12.9 Å². The summed E-state index contributed by atoms with van der Waals surface area (Å²) in [6.07, 6.45) is 10.9. The van der Waals surface area contributed by atoms with Crippen LogP contribution in [0.1, 0.15) is 61.6 Å². The van der Waals surface area contributed by atoms with Crippen molar-refractivity contribution < 1.29 is 0 Å². The molecule has 122 valence electrons. The predicted molar refractivity (Wildman–Crippen MR) is 98.1 cm³/mol. The fourth-order valence-electron chi connectivity index (χ4n) is 3.74. The highest BCUT2D eigenvalue weighted by atomic mass is 35.5. The van der Waals surface area contributed by atoms with Gasteiger partial charge < -0.3 is 0 Å². The van der Waals surface area contributed by atoms with Crippen molar-refractivity contribution in [2.75, 3.05) is 0 Å². The molecule has 0 aliphatic heterocycles. The Balaban J connectivity index is 1.47. The van der Waals surface area contributed by atoms with E-state index in [-0.39, 0.29) is 0 Å². The molecule has 1 nitrogen and oxygen atoms in total. The number of aromatic nitrogens is 1. The van der Waals surface area contributed by atoms with Gasteiger partial charge in [0.25, 0.3) is 0 Å². The lowest BCUT2D eigenvalue weighted by Gasteiger charge is -2.29. The quantitative estimate of drug-likeness (QED) is 0.595. The van der Waals surface area contributed by atoms with Gasteiger partial charge in [0, 0.05) is 6.20 Å². The van der Waals surface area contributed by atoms with Crippen LogP contribution in [-0.4, -0.2) is 4.98 Å². The average molecular weight is 328 g/mol. The van der Waals surface area contributed by atoms with E-state index in [2.05, 4.69) is 42.2 Å². The summed E-state index contributed by atoms with van der Waals surface area (Å²) in [4.78, 5) is 4.17. The number of halogens is 1. The van der Waals surface area contributed by atoms with E-state index in [1.807, 2.05) is 12.3 Å². The maximum absolute atomic E-state index is 5.84. The van der Waals surface area contributed by atoms with Gasteiger partial charge in [0.05, 0.1) is 0 Å². The molecule has 1 aliphatic carbocycles. The highest BCUT2D eigenvalue weighted by Crippen LogP contribution is 2.37. The molecule has 2 aromatic rings. The van der Waals surface area contributed by atoms with Gasteiger partial charge in [-0.1, -0.05) is 48.9 Å². The first-order valence-corrected chi connectivity index (χ1v) is 9.31. The van der Waals surface area contributed by atoms with Crippen LogP contribution in [0, 0.1) is 5.92 Å². The van der Waals surface area contributed by atoms with E-state index in [9.17, 15) is 0 Å². The van der Waals surface area contributed by atoms with Gasteiger partial charge in [-0.3, -0.25) is 0 Å². The normalized spacial score (nSPS) is 21.3. The van der Waals surface area contributed by atoms with Crippen LogP contribution in [0.4, 0.5) is 0 Å². The Bertz CT molecular complexity index is 595. The van der Waals surface area contributed by atoms with Crippen LogP contribution in [0.5, 0.6) is 0 Å². The summed E-state index contributed by atoms with van der Waals surface area (Å²) < 4.78 is 0. The van der Waals surface area contributed by atoms with Crippen molar-refractivity contribution in [2.45, 2.75) is 57.8 Å². The molecule has 0 amide bonds. The van der Waals surface area contributed by atoms with Crippen LogP contribution >= 0.6 is 11.6 Å². The second-order valence-electron chi connectivity index (χ2n) is 6.84. The van der Waals surface area contributed by atoms with E-state index in [4.69, 9.17) is 11.6 Å². The number of hydrogen-bond acceptors (Lipinski definition) is 1. The van der Waals surface area contributed by atoms with Gasteiger partial charge in [-0.15, -0.1) is 0 Å². The number of nitrogens with zero attached hydrogens (tertiary/aromatic N) is 1. The minimum absolute atomic E-state index is 0.586. The zero-order valence-corrected chi connectivity index (χ0v) is 14.7. The molecular formula is C21H26ClN. The molecule has 0 N–H and O–H groups in total. The molecular weight excluding hydrogens is 302 g/mol. The van der Waals surface area contributed by atoms with Crippen molar-refractivity contribution in [1.82, 2.24) is 4.98 Å². The molecule has 0 atom stereocenters. The monoisotopic (exact) mass is 327 g/mol. The number of benzene rings is 1. The molecule has 2 heteroatoms. The summed E-state index contributed by atoms with van der Waals surface area (Å²) in [6, 6.07) is 13.3. The fourth-order valence-corrected chi connectivity index (χ4v) is 3.85. The molecule has 0 bridgehead atoms. The largest absolute Gasteiger partial charge is 0.244 e. The lowest BCUT2D eigenvalue weighted by atomic mass is 9.77. The third-order valence-electron chi connectivity index (χ3n) is 5.34. The van der Waals surface area contributed by atoms with E-state index < -0.39 is 0 Å². The molecule has 0 unspecified atom stereocenters. The summed E-state index contributed by atoms with van der Waals surface area (Å²) in [5.41, 5.74) is 4.30. The maximum atomic E-state index is 5.84. The second kappa shape index (κ2) is 7.97. The van der Waals surface area contributed by atoms with E-state index in [0.717, 1.165) is 24.7 Å². The van der Waals surface area contributed by atoms with Crippen molar-refractivity contribution in [2.24, 2.45) is 5.92 Å². The molecule has 0 radical (unpaired) electrons. The van der Waals surface area contributed by atoms with Crippen molar-refractivity contribution in [3.05, 3.63) is 64.4 Å². The highest BCUT2D eigenvalue weighted by molar-refractivity contribution is 6.29. The van der Waals surface area contributed by atoms with Crippen molar-refractivity contribution in [1.29, 1.82) is 0 Å². The van der Waals surface area contributed by atoms with Crippen LogP contribution in [0.3, 0.4) is 0 Å². The number of pyridine rings is 1. The molecule has 1 heterocycles. The molecule has 1 aliphatic rings. The third-order valence-corrected chi connectivity index (χ3v) is 5.56. The van der Waals surface area contributed by atoms with E-state index >= 15 is 0 Å². The van der Waals surface area contributed by atoms with Gasteiger partial charge in [-0.05, 0) is 79.5 Å². The summed E-state index contributed by atoms with van der Waals surface area (Å²) >= 11 is 5.84. The van der Waals surface area contributed by atoms with Gasteiger partial charge in [-0.25, -0.2) is 4.98 Å². The number of aryl methyl sites for hydroxylation is 2. The second-order valence-corrected chi connectivity index (χ2v) is 7.23. The van der Waals surface area contributed by atoms with Gasteiger partial charge >= 0.3 is 0 Å². The van der Waals surface area contributed by atoms with Crippen molar-refractivity contribution >= 4 is 11.6 Å². The minimum Gasteiger partial charge on any atom is -0.244 e. The number of hydrogen-bond donors (Lipinski definition) is 0. The molecule has 23 heavy (non-hydrogen) atoms. The molecule has 1 aromatic heterocycles. The lowest BCUT2D eigenvalue weighted by molar-refractivity contribution is 0.310. The minimum atomic E-state index is 0.586. The Hall–Kier alpha value is -1.34. The zero-order chi connectivity index (χ0) is 16.1. The smallest absolute Gasteiger partial charge is 0.129 e. The Morgan fingerprint density at radius 2 is 1.65 bits per heavy atom. The third kappa shape index (κ3) is 4.57. The average Bonchev–Trinajstić information content (AvgIpc) is 2.62. The molecule has 1 saturated carbocycles. The van der Waals surface area contributed by atoms with E-state index in [1.165, 1.54) is 43.2 Å². The Morgan fingerprint density at radius 3 is 2.26 bits per heavy atom. The Morgan fingerprint density at radius 1 is 0.957 bits per heavy atom. The summed E-state index contributed by atoms with van der Waals surface area (Å²) in [6.45, 7) is 2.22. The van der Waals surface area contributed by atoms with Gasteiger partial charge in [0.1, 0.15) is 5.15 Å². The fraction of sp³-hybridized carbons (Fsp3) is 0.476. The van der Waals surface area contributed by atoms with Gasteiger partial charge in [0.2, 0.25) is 0 Å². The van der Waals surface area contributed by atoms with Crippen LogP contribution in [0.25, 0.3) is 0 Å². The zero-order valence-electron chi connectivity index (χ0n) is 14.0. The first-order valence-electron chi connectivity index (χ1n) is 8.94. The first kappa shape index (κ1) is 16.5. The standard InChI is InChI=1S/C21H26ClN/c1-2-16-5-10-19(11-6-16)20-12-7-17(8-13-20)3-4-18-9-14-21(22)23-15-18/h5-6,9-11,14-15,17,20H,2-4,7-8,12-13H2,1H3/t17-,20-. The summed E-state index contributed by atoms with van der Waals surface area (Å²) in [7, 11) is 0. The van der Waals surface area contributed by atoms with E-state index in [1.54, 1.807) is 5.56 Å². The van der Waals surface area contributed by atoms with Crippen LogP contribution in [0.15, 0.2) is 42.6 Å². The first-order chi connectivity index (χ1) is 11.2. The summed E-state index contributed by atoms with van der Waals surface area (Å²) in [5.74, 6) is 1.64. The molecule has 3 rings (SSSR count). The van der Waals surface area contributed by atoms with Gasteiger partial charge in [-0.2, -0.15) is 0 Å². The SMILES string of the molecule is CCc1ccc([C@H]2CC[C@H](CCc3ccc(Cl)nc3)CC2)cc1. The van der Waals surface area contributed by atoms with E-state index in [0.29, 0.717) is 5.15 Å². The Labute approximate surface area is 145 Å². The van der Waals surface area contributed by atoms with Crippen LogP contribution in [-0.2, 0) is 12.8 Å². The van der Waals surface area contributed by atoms with Crippen molar-refractivity contribution in [3.63, 3.8) is 0 Å². The maximum Gasteiger partial charge on any atom is 0.129 e. The Kier molecular flexibility index (Phi) is 5.72. The molecule has 0 saturated heterocycles. The predicted octanol–water partition coefficient (Wildman–Crippen LogP) is 6.20. The lowest BCUT2D eigenvalue weighted by Crippen LogP contribution is -2.14. The molecule has 1 aromatic carbocycles. The number of rotatable bonds is 5. The van der Waals surface area contributed by atoms with Gasteiger partial charge in [0.15, 0.2) is 0 Å². The van der Waals surface area contributed by atoms with Crippen LogP contribution in [0.2, 0.25) is 5.15 Å². The molecule has 1 fully saturated rings. The summed E-state index contributed by atoms with van der Waals surface area (Å²) in [5, 5.41) is 0.586. The van der Waals surface area contributed by atoms with Crippen molar-refractivity contribution in [3.8, 4) is 0 Å².